The number of hydrogen-bond acceptors (Lipinski definition) is 6. The first-order chi connectivity index (χ1) is 11.6. The molecule has 122 valence electrons. The summed E-state index contributed by atoms with van der Waals surface area (Å²) in [5.74, 6) is 2.57. The van der Waals surface area contributed by atoms with Crippen LogP contribution in [0.5, 0.6) is 11.5 Å². The molecule has 3 heterocycles. The van der Waals surface area contributed by atoms with E-state index in [9.17, 15) is 4.79 Å². The molecule has 1 aromatic carbocycles. The Labute approximate surface area is 142 Å². The van der Waals surface area contributed by atoms with Gasteiger partial charge in [0, 0.05) is 11.8 Å². The number of furan rings is 1. The zero-order chi connectivity index (χ0) is 16.7. The minimum Gasteiger partial charge on any atom is -0.459 e. The highest BCUT2D eigenvalue weighted by molar-refractivity contribution is 7.17. The smallest absolute Gasteiger partial charge is 0.267 e. The number of ether oxygens (including phenoxy) is 2. The van der Waals surface area contributed by atoms with Crippen LogP contribution in [0.3, 0.4) is 0 Å². The Morgan fingerprint density at radius 2 is 2.00 bits per heavy atom. The summed E-state index contributed by atoms with van der Waals surface area (Å²) in [6.45, 7) is 3.88. The van der Waals surface area contributed by atoms with E-state index >= 15 is 0 Å². The third kappa shape index (κ3) is 2.63. The Kier molecular flexibility index (Phi) is 3.50. The lowest BCUT2D eigenvalue weighted by molar-refractivity contribution is 0.103. The van der Waals surface area contributed by atoms with E-state index in [4.69, 9.17) is 13.9 Å². The second-order valence-electron chi connectivity index (χ2n) is 5.37. The first-order valence-electron chi connectivity index (χ1n) is 7.35. The molecule has 0 aliphatic carbocycles. The van der Waals surface area contributed by atoms with Crippen molar-refractivity contribution in [3.05, 3.63) is 46.7 Å². The lowest BCUT2D eigenvalue weighted by Crippen LogP contribution is -2.11. The number of aromatic nitrogens is 1. The van der Waals surface area contributed by atoms with E-state index in [1.54, 1.807) is 18.2 Å². The van der Waals surface area contributed by atoms with Crippen molar-refractivity contribution in [1.82, 2.24) is 4.98 Å². The molecule has 1 aliphatic heterocycles. The summed E-state index contributed by atoms with van der Waals surface area (Å²) in [6.07, 6.45) is 0. The molecule has 0 atom stereocenters. The van der Waals surface area contributed by atoms with Crippen molar-refractivity contribution >= 4 is 22.9 Å². The molecule has 3 aromatic rings. The minimum absolute atomic E-state index is 0.201. The number of nitrogens with zero attached hydrogens (tertiary/aromatic N) is 1. The van der Waals surface area contributed by atoms with Gasteiger partial charge in [0.1, 0.15) is 10.6 Å². The average Bonchev–Trinajstić information content (AvgIpc) is 3.26. The lowest BCUT2D eigenvalue weighted by atomic mass is 10.2. The number of carbonyl (C=O) groups excluding carboxylic acids is 1. The number of rotatable bonds is 3. The van der Waals surface area contributed by atoms with Gasteiger partial charge in [0.25, 0.3) is 5.91 Å². The van der Waals surface area contributed by atoms with Crippen LogP contribution >= 0.6 is 11.3 Å². The third-order valence-corrected chi connectivity index (χ3v) is 4.76. The molecule has 0 saturated heterocycles. The van der Waals surface area contributed by atoms with Gasteiger partial charge in [-0.1, -0.05) is 0 Å². The van der Waals surface area contributed by atoms with Crippen LogP contribution in [0.25, 0.3) is 10.8 Å². The van der Waals surface area contributed by atoms with Crippen LogP contribution in [-0.4, -0.2) is 17.7 Å². The van der Waals surface area contributed by atoms with Crippen molar-refractivity contribution in [2.75, 3.05) is 12.1 Å². The molecule has 1 amide bonds. The third-order valence-electron chi connectivity index (χ3n) is 3.58. The number of carbonyl (C=O) groups is 1. The number of amides is 1. The summed E-state index contributed by atoms with van der Waals surface area (Å²) < 4.78 is 16.2. The average molecular weight is 342 g/mol. The summed E-state index contributed by atoms with van der Waals surface area (Å²) >= 11 is 1.31. The fourth-order valence-electron chi connectivity index (χ4n) is 2.42. The Hall–Kier alpha value is -2.80. The largest absolute Gasteiger partial charge is 0.459 e. The number of benzene rings is 1. The van der Waals surface area contributed by atoms with Gasteiger partial charge in [-0.05, 0) is 38.1 Å². The fourth-order valence-corrected chi connectivity index (χ4v) is 3.35. The standard InChI is InChI=1S/C17H14N2O4S/c1-9-3-5-13(23-9)17-18-10(2)15(24-17)16(20)19-11-4-6-12-14(7-11)22-8-21-12/h3-7H,8H2,1-2H3,(H,19,20). The highest BCUT2D eigenvalue weighted by Gasteiger charge is 2.19. The zero-order valence-electron chi connectivity index (χ0n) is 13.1. The van der Waals surface area contributed by atoms with Crippen LogP contribution in [0.2, 0.25) is 0 Å². The normalized spacial score (nSPS) is 12.4. The molecule has 7 heteroatoms. The monoisotopic (exact) mass is 342 g/mol. The maximum atomic E-state index is 12.5. The quantitative estimate of drug-likeness (QED) is 0.779. The lowest BCUT2D eigenvalue weighted by Gasteiger charge is -2.05. The van der Waals surface area contributed by atoms with Crippen molar-refractivity contribution < 1.29 is 18.7 Å². The second-order valence-corrected chi connectivity index (χ2v) is 6.37. The molecule has 0 unspecified atom stereocenters. The van der Waals surface area contributed by atoms with E-state index in [0.29, 0.717) is 38.5 Å². The second kappa shape index (κ2) is 5.68. The molecule has 0 fully saturated rings. The number of aryl methyl sites for hydroxylation is 2. The van der Waals surface area contributed by atoms with E-state index < -0.39 is 0 Å². The minimum atomic E-state index is -0.210. The van der Waals surface area contributed by atoms with E-state index in [0.717, 1.165) is 5.76 Å². The molecule has 6 nitrogen and oxygen atoms in total. The highest BCUT2D eigenvalue weighted by atomic mass is 32.1. The van der Waals surface area contributed by atoms with E-state index in [2.05, 4.69) is 10.3 Å². The molecular weight excluding hydrogens is 328 g/mol. The number of anilines is 1. The van der Waals surface area contributed by atoms with Crippen LogP contribution in [0.4, 0.5) is 5.69 Å². The first kappa shape index (κ1) is 14.8. The summed E-state index contributed by atoms with van der Waals surface area (Å²) in [6, 6.07) is 9.02. The van der Waals surface area contributed by atoms with Gasteiger partial charge in [-0.15, -0.1) is 11.3 Å². The van der Waals surface area contributed by atoms with Crippen molar-refractivity contribution in [2.45, 2.75) is 13.8 Å². The SMILES string of the molecule is Cc1ccc(-c2nc(C)c(C(=O)Nc3ccc4c(c3)OCO4)s2)o1. The van der Waals surface area contributed by atoms with Crippen molar-refractivity contribution in [2.24, 2.45) is 0 Å². The number of fused-ring (bicyclic) bond motifs is 1. The Bertz CT molecular complexity index is 929. The van der Waals surface area contributed by atoms with Gasteiger partial charge in [-0.25, -0.2) is 4.98 Å². The molecule has 2 aromatic heterocycles. The Morgan fingerprint density at radius 3 is 2.79 bits per heavy atom. The molecule has 1 N–H and O–H groups in total. The molecule has 0 spiro atoms. The van der Waals surface area contributed by atoms with Gasteiger partial charge >= 0.3 is 0 Å². The maximum absolute atomic E-state index is 12.5. The number of thiazole rings is 1. The van der Waals surface area contributed by atoms with Crippen molar-refractivity contribution in [1.29, 1.82) is 0 Å². The molecule has 4 rings (SSSR count). The van der Waals surface area contributed by atoms with Crippen LogP contribution in [0, 0.1) is 13.8 Å². The predicted molar refractivity (Wildman–Crippen MR) is 89.8 cm³/mol. The van der Waals surface area contributed by atoms with Gasteiger partial charge in [-0.2, -0.15) is 0 Å². The molecular formula is C17H14N2O4S. The van der Waals surface area contributed by atoms with Crippen LogP contribution in [0.15, 0.2) is 34.7 Å². The first-order valence-corrected chi connectivity index (χ1v) is 8.17. The van der Waals surface area contributed by atoms with Crippen LogP contribution in [0.1, 0.15) is 21.1 Å². The summed E-state index contributed by atoms with van der Waals surface area (Å²) in [5.41, 5.74) is 1.31. The van der Waals surface area contributed by atoms with Crippen LogP contribution in [-0.2, 0) is 0 Å². The van der Waals surface area contributed by atoms with E-state index in [-0.39, 0.29) is 12.7 Å². The summed E-state index contributed by atoms with van der Waals surface area (Å²) in [7, 11) is 0. The van der Waals surface area contributed by atoms with Crippen molar-refractivity contribution in [3.63, 3.8) is 0 Å². The zero-order valence-corrected chi connectivity index (χ0v) is 13.9. The topological polar surface area (TPSA) is 73.6 Å². The Balaban J connectivity index is 1.57. The summed E-state index contributed by atoms with van der Waals surface area (Å²) in [4.78, 5) is 17.5. The van der Waals surface area contributed by atoms with Gasteiger partial charge in [0.05, 0.1) is 5.69 Å². The summed E-state index contributed by atoms with van der Waals surface area (Å²) in [5, 5.41) is 3.56. The predicted octanol–water partition coefficient (Wildman–Crippen LogP) is 4.00. The van der Waals surface area contributed by atoms with Gasteiger partial charge < -0.3 is 19.2 Å². The highest BCUT2D eigenvalue weighted by Crippen LogP contribution is 2.35. The van der Waals surface area contributed by atoms with E-state index in [1.807, 2.05) is 26.0 Å². The van der Waals surface area contributed by atoms with Gasteiger partial charge in [0.2, 0.25) is 6.79 Å². The fraction of sp³-hybridized carbons (Fsp3) is 0.176. The maximum Gasteiger partial charge on any atom is 0.267 e. The molecule has 0 bridgehead atoms. The van der Waals surface area contributed by atoms with E-state index in [1.165, 1.54) is 11.3 Å². The number of hydrogen-bond donors (Lipinski definition) is 1. The Morgan fingerprint density at radius 1 is 1.17 bits per heavy atom. The van der Waals surface area contributed by atoms with Gasteiger partial charge in [0.15, 0.2) is 22.3 Å². The molecule has 24 heavy (non-hydrogen) atoms. The molecule has 0 radical (unpaired) electrons. The van der Waals surface area contributed by atoms with Crippen molar-refractivity contribution in [3.8, 4) is 22.3 Å². The molecule has 1 aliphatic rings. The van der Waals surface area contributed by atoms with Gasteiger partial charge in [-0.3, -0.25) is 4.79 Å². The molecule has 0 saturated carbocycles. The number of nitrogens with one attached hydrogen (secondary N) is 1. The van der Waals surface area contributed by atoms with Crippen LogP contribution < -0.4 is 14.8 Å².